The van der Waals surface area contributed by atoms with Gasteiger partial charge in [0, 0.05) is 12.2 Å². The van der Waals surface area contributed by atoms with Crippen LogP contribution < -0.4 is 14.8 Å². The van der Waals surface area contributed by atoms with Crippen molar-refractivity contribution in [2.75, 3.05) is 12.1 Å². The van der Waals surface area contributed by atoms with Gasteiger partial charge in [0.2, 0.25) is 6.79 Å². The van der Waals surface area contributed by atoms with E-state index in [-0.39, 0.29) is 18.5 Å². The lowest BCUT2D eigenvalue weighted by Gasteiger charge is -2.38. The molecule has 1 amide bonds. The van der Waals surface area contributed by atoms with Crippen molar-refractivity contribution in [1.82, 2.24) is 4.90 Å². The third kappa shape index (κ3) is 2.83. The van der Waals surface area contributed by atoms with Gasteiger partial charge in [-0.25, -0.2) is 4.39 Å². The number of ether oxygens (including phenoxy) is 2. The number of nitrogens with zero attached hydrogens (tertiary/aromatic N) is 1. The summed E-state index contributed by atoms with van der Waals surface area (Å²) in [5.41, 5.74) is 2.92. The van der Waals surface area contributed by atoms with E-state index in [0.717, 1.165) is 11.3 Å². The maximum atomic E-state index is 13.9. The monoisotopic (exact) mass is 376 g/mol. The third-order valence-corrected chi connectivity index (χ3v) is 4.98. The van der Waals surface area contributed by atoms with Gasteiger partial charge in [0.1, 0.15) is 12.0 Å². The normalized spacial score (nSPS) is 17.2. The largest absolute Gasteiger partial charge is 0.454 e. The lowest BCUT2D eigenvalue weighted by molar-refractivity contribution is 0.0666. The lowest BCUT2D eigenvalue weighted by atomic mass is 10.0. The number of para-hydroxylation sites is 1. The summed E-state index contributed by atoms with van der Waals surface area (Å²) in [6.45, 7) is 0.542. The van der Waals surface area contributed by atoms with E-state index < -0.39 is 6.17 Å². The highest BCUT2D eigenvalue weighted by Gasteiger charge is 2.33. The second-order valence-corrected chi connectivity index (χ2v) is 6.77. The fraction of sp³-hybridized carbons (Fsp3) is 0.136. The van der Waals surface area contributed by atoms with Gasteiger partial charge in [-0.1, -0.05) is 30.3 Å². The van der Waals surface area contributed by atoms with Crippen molar-refractivity contribution >= 4 is 11.6 Å². The first-order chi connectivity index (χ1) is 13.7. The van der Waals surface area contributed by atoms with Crippen LogP contribution in [0.5, 0.6) is 11.5 Å². The van der Waals surface area contributed by atoms with Gasteiger partial charge < -0.3 is 19.7 Å². The number of nitrogens with one attached hydrogen (secondary N) is 1. The van der Waals surface area contributed by atoms with Crippen molar-refractivity contribution in [3.05, 3.63) is 89.2 Å². The van der Waals surface area contributed by atoms with Gasteiger partial charge in [0.05, 0.1) is 5.56 Å². The molecule has 2 aliphatic heterocycles. The van der Waals surface area contributed by atoms with Crippen molar-refractivity contribution in [2.24, 2.45) is 0 Å². The van der Waals surface area contributed by atoms with Crippen LogP contribution in [0.15, 0.2) is 66.7 Å². The van der Waals surface area contributed by atoms with E-state index in [0.29, 0.717) is 29.2 Å². The van der Waals surface area contributed by atoms with E-state index in [2.05, 4.69) is 5.32 Å². The Morgan fingerprint density at radius 1 is 1.00 bits per heavy atom. The Hall–Kier alpha value is -3.54. The van der Waals surface area contributed by atoms with Crippen LogP contribution in [0.2, 0.25) is 0 Å². The molecule has 0 radical (unpaired) electrons. The average Bonchev–Trinajstić information content (AvgIpc) is 3.18. The Bertz CT molecular complexity index is 1070. The minimum atomic E-state index is -0.483. The maximum Gasteiger partial charge on any atom is 0.258 e. The zero-order valence-electron chi connectivity index (χ0n) is 14.9. The number of carbonyl (C=O) groups is 1. The van der Waals surface area contributed by atoms with Crippen molar-refractivity contribution < 1.29 is 18.7 Å². The fourth-order valence-corrected chi connectivity index (χ4v) is 3.63. The number of hydrogen-bond donors (Lipinski definition) is 1. The predicted octanol–water partition coefficient (Wildman–Crippen LogP) is 4.32. The average molecular weight is 376 g/mol. The Kier molecular flexibility index (Phi) is 3.90. The Morgan fingerprint density at radius 3 is 2.75 bits per heavy atom. The Morgan fingerprint density at radius 2 is 1.86 bits per heavy atom. The summed E-state index contributed by atoms with van der Waals surface area (Å²) in [6.07, 6.45) is -0.483. The second-order valence-electron chi connectivity index (χ2n) is 6.77. The standard InChI is InChI=1S/C22H17FN2O3/c23-16-5-3-4-15(11-16)21-24-18-7-2-1-6-17(18)22(26)25(21)12-14-8-9-19-20(10-14)28-13-27-19/h1-11,21,24H,12-13H2/t21-/m0/s1. The summed E-state index contributed by atoms with van der Waals surface area (Å²) in [5, 5.41) is 3.38. The molecule has 1 atom stereocenters. The first-order valence-electron chi connectivity index (χ1n) is 8.99. The minimum Gasteiger partial charge on any atom is -0.454 e. The fourth-order valence-electron chi connectivity index (χ4n) is 3.63. The van der Waals surface area contributed by atoms with Gasteiger partial charge in [-0.05, 0) is 47.5 Å². The highest BCUT2D eigenvalue weighted by Crippen LogP contribution is 2.37. The number of rotatable bonds is 3. The van der Waals surface area contributed by atoms with Gasteiger partial charge in [-0.15, -0.1) is 0 Å². The summed E-state index contributed by atoms with van der Waals surface area (Å²) in [4.78, 5) is 15.0. The number of benzene rings is 3. The molecule has 1 N–H and O–H groups in total. The molecule has 3 aromatic carbocycles. The number of halogens is 1. The first kappa shape index (κ1) is 16.6. The molecule has 5 rings (SSSR count). The van der Waals surface area contributed by atoms with Crippen LogP contribution in [-0.4, -0.2) is 17.6 Å². The molecular weight excluding hydrogens is 359 g/mol. The van der Waals surface area contributed by atoms with E-state index >= 15 is 0 Å². The quantitative estimate of drug-likeness (QED) is 0.740. The molecule has 140 valence electrons. The molecule has 0 fully saturated rings. The molecule has 0 bridgehead atoms. The molecule has 2 heterocycles. The molecule has 0 saturated carbocycles. The first-order valence-corrected chi connectivity index (χ1v) is 8.99. The lowest BCUT2D eigenvalue weighted by Crippen LogP contribution is -2.42. The molecule has 0 saturated heterocycles. The molecule has 3 aromatic rings. The van der Waals surface area contributed by atoms with E-state index in [4.69, 9.17) is 9.47 Å². The van der Waals surface area contributed by atoms with Crippen molar-refractivity contribution in [3.8, 4) is 11.5 Å². The highest BCUT2D eigenvalue weighted by atomic mass is 19.1. The van der Waals surface area contributed by atoms with Crippen LogP contribution in [-0.2, 0) is 6.54 Å². The predicted molar refractivity (Wildman–Crippen MR) is 102 cm³/mol. The molecule has 28 heavy (non-hydrogen) atoms. The van der Waals surface area contributed by atoms with Gasteiger partial charge in [0.15, 0.2) is 11.5 Å². The Balaban J connectivity index is 1.54. The summed E-state index contributed by atoms with van der Waals surface area (Å²) in [7, 11) is 0. The molecule has 2 aliphatic rings. The minimum absolute atomic E-state index is 0.110. The zero-order valence-corrected chi connectivity index (χ0v) is 14.9. The van der Waals surface area contributed by atoms with E-state index in [1.807, 2.05) is 42.5 Å². The molecule has 0 aliphatic carbocycles. The van der Waals surface area contributed by atoms with E-state index in [1.54, 1.807) is 17.0 Å². The molecule has 6 heteroatoms. The van der Waals surface area contributed by atoms with Crippen molar-refractivity contribution in [3.63, 3.8) is 0 Å². The van der Waals surface area contributed by atoms with Crippen LogP contribution in [0.1, 0.15) is 27.7 Å². The second kappa shape index (κ2) is 6.56. The molecule has 0 spiro atoms. The van der Waals surface area contributed by atoms with Crippen LogP contribution >= 0.6 is 0 Å². The van der Waals surface area contributed by atoms with Crippen LogP contribution in [0, 0.1) is 5.82 Å². The van der Waals surface area contributed by atoms with E-state index in [9.17, 15) is 9.18 Å². The summed E-state index contributed by atoms with van der Waals surface area (Å²) < 4.78 is 24.7. The Labute approximate surface area is 161 Å². The number of amides is 1. The smallest absolute Gasteiger partial charge is 0.258 e. The summed E-state index contributed by atoms with van der Waals surface area (Å²) in [6, 6.07) is 19.3. The molecule has 0 unspecified atom stereocenters. The topological polar surface area (TPSA) is 50.8 Å². The number of anilines is 1. The van der Waals surface area contributed by atoms with Crippen LogP contribution in [0.4, 0.5) is 10.1 Å². The third-order valence-electron chi connectivity index (χ3n) is 4.98. The number of fused-ring (bicyclic) bond motifs is 2. The number of carbonyl (C=O) groups excluding carboxylic acids is 1. The van der Waals surface area contributed by atoms with Crippen molar-refractivity contribution in [1.29, 1.82) is 0 Å². The SMILES string of the molecule is O=C1c2ccccc2N[C@H](c2cccc(F)c2)N1Cc1ccc2c(c1)OCO2. The summed E-state index contributed by atoms with van der Waals surface area (Å²) >= 11 is 0. The molecule has 0 aromatic heterocycles. The van der Waals surface area contributed by atoms with Crippen LogP contribution in [0.25, 0.3) is 0 Å². The molecular formula is C22H17FN2O3. The summed E-state index contributed by atoms with van der Waals surface area (Å²) in [5.74, 6) is 0.909. The van der Waals surface area contributed by atoms with Crippen LogP contribution in [0.3, 0.4) is 0 Å². The van der Waals surface area contributed by atoms with E-state index in [1.165, 1.54) is 12.1 Å². The van der Waals surface area contributed by atoms with Gasteiger partial charge >= 0.3 is 0 Å². The van der Waals surface area contributed by atoms with Crippen molar-refractivity contribution in [2.45, 2.75) is 12.7 Å². The van der Waals surface area contributed by atoms with Gasteiger partial charge in [0.25, 0.3) is 5.91 Å². The van der Waals surface area contributed by atoms with Gasteiger partial charge in [-0.2, -0.15) is 0 Å². The zero-order chi connectivity index (χ0) is 19.1. The van der Waals surface area contributed by atoms with Gasteiger partial charge in [-0.3, -0.25) is 4.79 Å². The molecule has 5 nitrogen and oxygen atoms in total. The highest BCUT2D eigenvalue weighted by molar-refractivity contribution is 6.01. The number of hydrogen-bond acceptors (Lipinski definition) is 4. The maximum absolute atomic E-state index is 13.9.